The number of hydrogen-bond acceptors (Lipinski definition) is 3. The van der Waals surface area contributed by atoms with Crippen LogP contribution in [0.5, 0.6) is 0 Å². The fraction of sp³-hybridized carbons (Fsp3) is 0.200. The van der Waals surface area contributed by atoms with Gasteiger partial charge in [-0.25, -0.2) is 4.39 Å². The van der Waals surface area contributed by atoms with Crippen molar-refractivity contribution < 1.29 is 9.18 Å². The molecule has 0 unspecified atom stereocenters. The van der Waals surface area contributed by atoms with E-state index in [9.17, 15) is 9.18 Å². The number of carbonyl (C=O) groups excluding carboxylic acids is 1. The average Bonchev–Trinajstić information content (AvgIpc) is 2.22. The first-order valence-electron chi connectivity index (χ1n) is 4.45. The van der Waals surface area contributed by atoms with Gasteiger partial charge in [-0.05, 0) is 18.2 Å². The van der Waals surface area contributed by atoms with E-state index in [1.165, 1.54) is 18.2 Å². The van der Waals surface area contributed by atoms with Gasteiger partial charge in [0, 0.05) is 10.7 Å². The predicted octanol–water partition coefficient (Wildman–Crippen LogP) is 1.53. The van der Waals surface area contributed by atoms with Crippen molar-refractivity contribution in [2.45, 2.75) is 0 Å². The second-order valence-corrected chi connectivity index (χ2v) is 3.38. The Bertz CT molecular complexity index is 410. The summed E-state index contributed by atoms with van der Waals surface area (Å²) in [6.07, 6.45) is 0. The highest BCUT2D eigenvalue weighted by molar-refractivity contribution is 6.30. The molecule has 0 atom stereocenters. The molecule has 1 amide bonds. The number of amides is 1. The zero-order chi connectivity index (χ0) is 12.0. The van der Waals surface area contributed by atoms with Crippen LogP contribution in [0.2, 0.25) is 5.02 Å². The molecule has 0 fully saturated rings. The van der Waals surface area contributed by atoms with Crippen molar-refractivity contribution in [2.75, 3.05) is 18.4 Å². The normalized spacial score (nSPS) is 9.31. The van der Waals surface area contributed by atoms with Gasteiger partial charge >= 0.3 is 0 Å². The summed E-state index contributed by atoms with van der Waals surface area (Å²) in [5.41, 5.74) is 0.414. The van der Waals surface area contributed by atoms with Crippen LogP contribution in [0.1, 0.15) is 0 Å². The quantitative estimate of drug-likeness (QED) is 0.786. The molecule has 0 saturated heterocycles. The van der Waals surface area contributed by atoms with Crippen molar-refractivity contribution in [1.82, 2.24) is 5.32 Å². The molecule has 0 spiro atoms. The third kappa shape index (κ3) is 4.15. The molecule has 1 rings (SSSR count). The molecule has 0 heterocycles. The topological polar surface area (TPSA) is 64.9 Å². The lowest BCUT2D eigenvalue weighted by Gasteiger charge is -2.06. The zero-order valence-corrected chi connectivity index (χ0v) is 9.01. The number of halogens is 2. The molecule has 4 nitrogen and oxygen atoms in total. The lowest BCUT2D eigenvalue weighted by atomic mass is 10.3. The number of anilines is 1. The largest absolute Gasteiger partial charge is 0.376 e. The minimum atomic E-state index is -0.479. The molecular weight excluding hydrogens is 233 g/mol. The summed E-state index contributed by atoms with van der Waals surface area (Å²) in [7, 11) is 0. The van der Waals surface area contributed by atoms with Crippen molar-refractivity contribution >= 4 is 23.2 Å². The van der Waals surface area contributed by atoms with Crippen LogP contribution in [0, 0.1) is 17.1 Å². The van der Waals surface area contributed by atoms with Crippen molar-refractivity contribution in [2.24, 2.45) is 0 Å². The second-order valence-electron chi connectivity index (χ2n) is 2.95. The number of benzene rings is 1. The Labute approximate surface area is 97.0 Å². The van der Waals surface area contributed by atoms with Crippen LogP contribution in [-0.4, -0.2) is 19.0 Å². The van der Waals surface area contributed by atoms with E-state index in [4.69, 9.17) is 16.9 Å². The van der Waals surface area contributed by atoms with E-state index in [1.807, 2.05) is 0 Å². The predicted molar refractivity (Wildman–Crippen MR) is 58.5 cm³/mol. The lowest BCUT2D eigenvalue weighted by Crippen LogP contribution is -2.29. The Hall–Kier alpha value is -1.80. The molecule has 84 valence electrons. The minimum absolute atomic E-state index is 0.0402. The maximum Gasteiger partial charge on any atom is 0.240 e. The molecule has 0 saturated carbocycles. The molecule has 0 aliphatic carbocycles. The maximum absolute atomic E-state index is 12.9. The van der Waals surface area contributed by atoms with Crippen molar-refractivity contribution in [3.8, 4) is 6.07 Å². The Morgan fingerprint density at radius 2 is 2.25 bits per heavy atom. The van der Waals surface area contributed by atoms with Crippen LogP contribution in [0.4, 0.5) is 10.1 Å². The number of nitrogens with one attached hydrogen (secondary N) is 2. The van der Waals surface area contributed by atoms with Gasteiger partial charge in [-0.2, -0.15) is 5.26 Å². The minimum Gasteiger partial charge on any atom is -0.376 e. The van der Waals surface area contributed by atoms with Gasteiger partial charge < -0.3 is 10.6 Å². The van der Waals surface area contributed by atoms with E-state index in [1.54, 1.807) is 6.07 Å². The molecule has 1 aromatic carbocycles. The van der Waals surface area contributed by atoms with Gasteiger partial charge in [0.05, 0.1) is 12.6 Å². The van der Waals surface area contributed by atoms with Gasteiger partial charge in [0.1, 0.15) is 12.4 Å². The fourth-order valence-corrected chi connectivity index (χ4v) is 1.26. The smallest absolute Gasteiger partial charge is 0.240 e. The van der Waals surface area contributed by atoms with Gasteiger partial charge in [0.2, 0.25) is 5.91 Å². The molecule has 1 aromatic rings. The van der Waals surface area contributed by atoms with E-state index < -0.39 is 5.82 Å². The number of nitrogens with zero attached hydrogens (tertiary/aromatic N) is 1. The maximum atomic E-state index is 12.9. The van der Waals surface area contributed by atoms with E-state index in [0.29, 0.717) is 5.69 Å². The van der Waals surface area contributed by atoms with Crippen LogP contribution < -0.4 is 10.6 Å². The van der Waals surface area contributed by atoms with Crippen LogP contribution in [0.15, 0.2) is 18.2 Å². The van der Waals surface area contributed by atoms with Crippen molar-refractivity contribution in [3.63, 3.8) is 0 Å². The van der Waals surface area contributed by atoms with Crippen LogP contribution in [-0.2, 0) is 4.79 Å². The highest BCUT2D eigenvalue weighted by Gasteiger charge is 2.02. The summed E-state index contributed by atoms with van der Waals surface area (Å²) in [4.78, 5) is 11.1. The molecule has 0 bridgehead atoms. The average molecular weight is 242 g/mol. The SMILES string of the molecule is N#CCNC(=O)CNc1cc(F)cc(Cl)c1. The van der Waals surface area contributed by atoms with Gasteiger partial charge in [0.25, 0.3) is 0 Å². The molecule has 0 aromatic heterocycles. The fourth-order valence-electron chi connectivity index (χ4n) is 1.04. The lowest BCUT2D eigenvalue weighted by molar-refractivity contribution is -0.119. The molecule has 0 radical (unpaired) electrons. The molecule has 6 heteroatoms. The van der Waals surface area contributed by atoms with Crippen LogP contribution in [0.3, 0.4) is 0 Å². The molecular formula is C10H9ClFN3O. The third-order valence-electron chi connectivity index (χ3n) is 1.68. The molecule has 2 N–H and O–H groups in total. The third-order valence-corrected chi connectivity index (χ3v) is 1.90. The summed E-state index contributed by atoms with van der Waals surface area (Å²) in [6.45, 7) is -0.0914. The number of rotatable bonds is 4. The van der Waals surface area contributed by atoms with Crippen LogP contribution >= 0.6 is 11.6 Å². The summed E-state index contributed by atoms with van der Waals surface area (Å²) < 4.78 is 12.9. The molecule has 0 aliphatic heterocycles. The van der Waals surface area contributed by atoms with Gasteiger partial charge in [-0.1, -0.05) is 11.6 Å². The first-order chi connectivity index (χ1) is 7.61. The van der Waals surface area contributed by atoms with E-state index in [-0.39, 0.29) is 24.0 Å². The first-order valence-corrected chi connectivity index (χ1v) is 4.83. The second kappa shape index (κ2) is 5.93. The first kappa shape index (κ1) is 12.3. The highest BCUT2D eigenvalue weighted by atomic mass is 35.5. The van der Waals surface area contributed by atoms with E-state index in [2.05, 4.69) is 10.6 Å². The Balaban J connectivity index is 2.48. The zero-order valence-electron chi connectivity index (χ0n) is 8.26. The summed E-state index contributed by atoms with van der Waals surface area (Å²) in [6, 6.07) is 5.67. The number of nitriles is 1. The Kier molecular flexibility index (Phi) is 4.55. The standard InChI is InChI=1S/C10H9ClFN3O/c11-7-3-8(12)5-9(4-7)15-6-10(16)14-2-1-13/h3-5,15H,2,6H2,(H,14,16). The summed E-state index contributed by atoms with van der Waals surface area (Å²) in [5.74, 6) is -0.825. The Morgan fingerprint density at radius 1 is 1.50 bits per heavy atom. The van der Waals surface area contributed by atoms with Gasteiger partial charge in [-0.15, -0.1) is 0 Å². The highest BCUT2D eigenvalue weighted by Crippen LogP contribution is 2.17. The molecule has 0 aliphatic rings. The molecule has 16 heavy (non-hydrogen) atoms. The Morgan fingerprint density at radius 3 is 2.88 bits per heavy atom. The summed E-state index contributed by atoms with van der Waals surface area (Å²) in [5, 5.41) is 13.5. The van der Waals surface area contributed by atoms with Gasteiger partial charge in [-0.3, -0.25) is 4.79 Å². The van der Waals surface area contributed by atoms with E-state index >= 15 is 0 Å². The van der Waals surface area contributed by atoms with Crippen LogP contribution in [0.25, 0.3) is 0 Å². The monoisotopic (exact) mass is 241 g/mol. The van der Waals surface area contributed by atoms with Crippen molar-refractivity contribution in [1.29, 1.82) is 5.26 Å². The number of hydrogen-bond donors (Lipinski definition) is 2. The summed E-state index contributed by atoms with van der Waals surface area (Å²) >= 11 is 5.63. The van der Waals surface area contributed by atoms with Gasteiger partial charge in [0.15, 0.2) is 0 Å². The van der Waals surface area contributed by atoms with Crippen molar-refractivity contribution in [3.05, 3.63) is 29.0 Å². The number of carbonyl (C=O) groups is 1. The van der Waals surface area contributed by atoms with E-state index in [0.717, 1.165) is 0 Å².